The first-order chi connectivity index (χ1) is 9.12. The Morgan fingerprint density at radius 3 is 1.16 bits per heavy atom. The Bertz CT molecular complexity index is 157. The first-order valence-corrected chi connectivity index (χ1v) is 12.5. The van der Waals surface area contributed by atoms with Crippen LogP contribution in [0.25, 0.3) is 0 Å². The van der Waals surface area contributed by atoms with E-state index >= 15 is 0 Å². The largest absolute Gasteiger partial charge is 0.0693 e. The van der Waals surface area contributed by atoms with E-state index in [1.54, 1.807) is 12.1 Å². The summed E-state index contributed by atoms with van der Waals surface area (Å²) < 4.78 is 0. The van der Waals surface area contributed by atoms with Crippen LogP contribution in [0.4, 0.5) is 0 Å². The van der Waals surface area contributed by atoms with Gasteiger partial charge >= 0.3 is 0 Å². The lowest BCUT2D eigenvalue weighted by atomic mass is 10.1. The summed E-state index contributed by atoms with van der Waals surface area (Å²) in [5, 5.41) is 0. The van der Waals surface area contributed by atoms with E-state index in [4.69, 9.17) is 0 Å². The molecule has 0 aliphatic carbocycles. The van der Waals surface area contributed by atoms with Gasteiger partial charge in [-0.1, -0.05) is 116 Å². The highest BCUT2D eigenvalue weighted by Gasteiger charge is 2.18. The van der Waals surface area contributed by atoms with Crippen molar-refractivity contribution in [3.63, 3.8) is 0 Å². The molecule has 0 saturated heterocycles. The average molecular weight is 285 g/mol. The monoisotopic (exact) mass is 284 g/mol. The molecule has 1 heteroatoms. The van der Waals surface area contributed by atoms with Crippen LogP contribution in [-0.4, -0.2) is 8.07 Å². The van der Waals surface area contributed by atoms with Crippen molar-refractivity contribution in [1.82, 2.24) is 0 Å². The van der Waals surface area contributed by atoms with Gasteiger partial charge in [0.25, 0.3) is 0 Å². The summed E-state index contributed by atoms with van der Waals surface area (Å²) in [5.41, 5.74) is 0. The highest BCUT2D eigenvalue weighted by atomic mass is 28.3. The summed E-state index contributed by atoms with van der Waals surface area (Å²) in [6.07, 6.45) is 17.5. The zero-order valence-corrected chi connectivity index (χ0v) is 15.4. The van der Waals surface area contributed by atoms with Gasteiger partial charge in [0, 0.05) is 8.07 Å². The van der Waals surface area contributed by atoms with E-state index in [-0.39, 0.29) is 0 Å². The van der Waals surface area contributed by atoms with Crippen molar-refractivity contribution in [2.45, 2.75) is 116 Å². The fraction of sp³-hybridized carbons (Fsp3) is 1.00. The molecule has 0 aromatic rings. The molecule has 0 spiro atoms. The first kappa shape index (κ1) is 19.2. The highest BCUT2D eigenvalue weighted by Crippen LogP contribution is 2.23. The second-order valence-electron chi connectivity index (χ2n) is 7.20. The lowest BCUT2D eigenvalue weighted by Gasteiger charge is -2.22. The van der Waals surface area contributed by atoms with Crippen molar-refractivity contribution in [2.24, 2.45) is 0 Å². The third-order valence-electron chi connectivity index (χ3n) is 4.41. The number of unbranched alkanes of at least 4 members (excludes halogenated alkanes) is 10. The van der Waals surface area contributed by atoms with Crippen molar-refractivity contribution in [2.75, 3.05) is 0 Å². The van der Waals surface area contributed by atoms with Crippen LogP contribution < -0.4 is 0 Å². The Morgan fingerprint density at radius 1 is 0.474 bits per heavy atom. The molecule has 0 nitrogen and oxygen atoms in total. The number of rotatable bonds is 14. The van der Waals surface area contributed by atoms with Gasteiger partial charge in [-0.2, -0.15) is 0 Å². The molecule has 0 saturated carbocycles. The second-order valence-corrected chi connectivity index (χ2v) is 12.5. The molecular formula is C18H40Si. The van der Waals surface area contributed by atoms with Crippen molar-refractivity contribution in [1.29, 1.82) is 0 Å². The third kappa shape index (κ3) is 14.4. The van der Waals surface area contributed by atoms with E-state index in [2.05, 4.69) is 26.9 Å². The van der Waals surface area contributed by atoms with Gasteiger partial charge in [0.15, 0.2) is 0 Å². The fourth-order valence-electron chi connectivity index (χ4n) is 2.89. The summed E-state index contributed by atoms with van der Waals surface area (Å²) >= 11 is 0. The SMILES string of the molecule is CCCCCCCC[Si](C)(C)CCCCCCCC. The van der Waals surface area contributed by atoms with Crippen LogP contribution >= 0.6 is 0 Å². The summed E-state index contributed by atoms with van der Waals surface area (Å²) in [7, 11) is -0.840. The van der Waals surface area contributed by atoms with Gasteiger partial charge in [-0.3, -0.25) is 0 Å². The molecular weight excluding hydrogens is 244 g/mol. The first-order valence-electron chi connectivity index (χ1n) is 9.12. The van der Waals surface area contributed by atoms with Gasteiger partial charge in [0.1, 0.15) is 0 Å². The Kier molecular flexibility index (Phi) is 13.4. The summed E-state index contributed by atoms with van der Waals surface area (Å²) in [6.45, 7) is 9.84. The maximum absolute atomic E-state index is 2.62. The second kappa shape index (κ2) is 13.2. The Morgan fingerprint density at radius 2 is 0.789 bits per heavy atom. The molecule has 0 bridgehead atoms. The van der Waals surface area contributed by atoms with E-state index in [9.17, 15) is 0 Å². The van der Waals surface area contributed by atoms with Crippen molar-refractivity contribution in [3.8, 4) is 0 Å². The molecule has 0 heterocycles. The molecule has 0 amide bonds. The van der Waals surface area contributed by atoms with E-state index in [0.717, 1.165) is 0 Å². The third-order valence-corrected chi connectivity index (χ3v) is 7.83. The Labute approximate surface area is 124 Å². The van der Waals surface area contributed by atoms with E-state index in [1.807, 2.05) is 0 Å². The Hall–Kier alpha value is 0.217. The van der Waals surface area contributed by atoms with Crippen LogP contribution in [0.15, 0.2) is 0 Å². The molecule has 0 aromatic heterocycles. The minimum Gasteiger partial charge on any atom is -0.0693 e. The van der Waals surface area contributed by atoms with Crippen molar-refractivity contribution in [3.05, 3.63) is 0 Å². The van der Waals surface area contributed by atoms with E-state index in [1.165, 1.54) is 77.0 Å². The van der Waals surface area contributed by atoms with Gasteiger partial charge in [0.05, 0.1) is 0 Å². The molecule has 0 rings (SSSR count). The van der Waals surface area contributed by atoms with Crippen LogP contribution in [0.2, 0.25) is 25.2 Å². The fourth-order valence-corrected chi connectivity index (χ4v) is 5.56. The molecule has 0 unspecified atom stereocenters. The van der Waals surface area contributed by atoms with Crippen LogP contribution in [0.1, 0.15) is 90.9 Å². The predicted molar refractivity (Wildman–Crippen MR) is 93.8 cm³/mol. The van der Waals surface area contributed by atoms with Gasteiger partial charge in [0.2, 0.25) is 0 Å². The quantitative estimate of drug-likeness (QED) is 0.230. The van der Waals surface area contributed by atoms with Gasteiger partial charge in [-0.05, 0) is 0 Å². The van der Waals surface area contributed by atoms with Crippen molar-refractivity contribution < 1.29 is 0 Å². The Balaban J connectivity index is 3.36. The highest BCUT2D eigenvalue weighted by molar-refractivity contribution is 6.77. The zero-order chi connectivity index (χ0) is 14.4. The molecule has 0 aliphatic rings. The lowest BCUT2D eigenvalue weighted by Crippen LogP contribution is -2.24. The molecule has 0 fully saturated rings. The van der Waals surface area contributed by atoms with E-state index < -0.39 is 8.07 Å². The topological polar surface area (TPSA) is 0 Å². The summed E-state index contributed by atoms with van der Waals surface area (Å²) in [5.74, 6) is 0. The normalized spacial score (nSPS) is 12.0. The van der Waals surface area contributed by atoms with Crippen LogP contribution in [0.3, 0.4) is 0 Å². The minimum absolute atomic E-state index is 0.840. The molecule has 0 N–H and O–H groups in total. The van der Waals surface area contributed by atoms with E-state index in [0.29, 0.717) is 0 Å². The molecule has 19 heavy (non-hydrogen) atoms. The zero-order valence-electron chi connectivity index (χ0n) is 14.4. The molecule has 0 aromatic carbocycles. The van der Waals surface area contributed by atoms with Gasteiger partial charge in [-0.15, -0.1) is 0 Å². The maximum Gasteiger partial charge on any atom is 0.0473 e. The molecule has 0 atom stereocenters. The van der Waals surface area contributed by atoms with Gasteiger partial charge < -0.3 is 0 Å². The molecule has 0 radical (unpaired) electrons. The average Bonchev–Trinajstić information content (AvgIpc) is 2.38. The molecule has 0 aliphatic heterocycles. The van der Waals surface area contributed by atoms with Crippen molar-refractivity contribution >= 4 is 8.07 Å². The number of hydrogen-bond acceptors (Lipinski definition) is 0. The standard InChI is InChI=1S/C18H40Si/c1-5-7-9-11-13-15-17-19(3,4)18-16-14-12-10-8-6-2/h5-18H2,1-4H3. The van der Waals surface area contributed by atoms with Crippen LogP contribution in [0, 0.1) is 0 Å². The maximum atomic E-state index is 2.62. The van der Waals surface area contributed by atoms with Crippen LogP contribution in [-0.2, 0) is 0 Å². The predicted octanol–water partition coefficient (Wildman–Crippen LogP) is 7.42. The summed E-state index contributed by atoms with van der Waals surface area (Å²) in [6, 6.07) is 3.15. The summed E-state index contributed by atoms with van der Waals surface area (Å²) in [4.78, 5) is 0. The smallest absolute Gasteiger partial charge is 0.0473 e. The molecule has 116 valence electrons. The number of hydrogen-bond donors (Lipinski definition) is 0. The lowest BCUT2D eigenvalue weighted by molar-refractivity contribution is 0.615. The minimum atomic E-state index is -0.840. The van der Waals surface area contributed by atoms with Crippen LogP contribution in [0.5, 0.6) is 0 Å². The van der Waals surface area contributed by atoms with Gasteiger partial charge in [-0.25, -0.2) is 0 Å².